The predicted molar refractivity (Wildman–Crippen MR) is 84.6 cm³/mol. The Morgan fingerprint density at radius 1 is 1.11 bits per heavy atom. The van der Waals surface area contributed by atoms with Crippen molar-refractivity contribution >= 4 is 0 Å². The first kappa shape index (κ1) is 16.2. The molecule has 1 rings (SSSR count). The molecule has 0 aromatic heterocycles. The second-order valence-electron chi connectivity index (χ2n) is 6.43. The third-order valence-corrected chi connectivity index (χ3v) is 3.35. The first-order chi connectivity index (χ1) is 8.93. The third-order valence-electron chi connectivity index (χ3n) is 3.35. The van der Waals surface area contributed by atoms with Gasteiger partial charge in [0.25, 0.3) is 0 Å². The van der Waals surface area contributed by atoms with Crippen molar-refractivity contribution in [2.75, 3.05) is 13.1 Å². The molecule has 0 saturated heterocycles. The van der Waals surface area contributed by atoms with Crippen LogP contribution < -0.4 is 10.6 Å². The third kappa shape index (κ3) is 6.22. The summed E-state index contributed by atoms with van der Waals surface area (Å²) in [5.41, 5.74) is 2.99. The van der Waals surface area contributed by atoms with Gasteiger partial charge in [0, 0.05) is 19.1 Å². The minimum absolute atomic E-state index is 0.239. The van der Waals surface area contributed by atoms with Gasteiger partial charge in [0.05, 0.1) is 0 Å². The predicted octanol–water partition coefficient (Wildman–Crippen LogP) is 3.46. The molecular weight excluding hydrogens is 232 g/mol. The molecule has 1 aromatic carbocycles. The van der Waals surface area contributed by atoms with Crippen LogP contribution >= 0.6 is 0 Å². The number of hydrogen-bond donors (Lipinski definition) is 2. The lowest BCUT2D eigenvalue weighted by atomic mass is 9.87. The number of nitrogens with one attached hydrogen (secondary N) is 2. The van der Waals surface area contributed by atoms with E-state index >= 15 is 0 Å². The zero-order valence-corrected chi connectivity index (χ0v) is 13.2. The molecule has 0 heterocycles. The lowest BCUT2D eigenvalue weighted by Gasteiger charge is -2.19. The van der Waals surface area contributed by atoms with Gasteiger partial charge in [-0.2, -0.15) is 0 Å². The van der Waals surface area contributed by atoms with Crippen molar-refractivity contribution in [3.63, 3.8) is 0 Å². The fraction of sp³-hybridized carbons (Fsp3) is 0.647. The van der Waals surface area contributed by atoms with E-state index in [0.29, 0.717) is 6.04 Å². The summed E-state index contributed by atoms with van der Waals surface area (Å²) in [6.07, 6.45) is 1.20. The second kappa shape index (κ2) is 7.66. The van der Waals surface area contributed by atoms with Crippen LogP contribution in [0.4, 0.5) is 0 Å². The van der Waals surface area contributed by atoms with Gasteiger partial charge in [-0.25, -0.2) is 0 Å². The van der Waals surface area contributed by atoms with Gasteiger partial charge >= 0.3 is 0 Å². The van der Waals surface area contributed by atoms with E-state index in [1.54, 1.807) is 0 Å². The molecule has 0 spiro atoms. The molecule has 0 radical (unpaired) electrons. The average molecular weight is 262 g/mol. The van der Waals surface area contributed by atoms with Gasteiger partial charge in [0.1, 0.15) is 0 Å². The lowest BCUT2D eigenvalue weighted by molar-refractivity contribution is 0.501. The van der Waals surface area contributed by atoms with Crippen molar-refractivity contribution in [3.05, 3.63) is 35.4 Å². The summed E-state index contributed by atoms with van der Waals surface area (Å²) in [5, 5.41) is 6.99. The van der Waals surface area contributed by atoms with Crippen LogP contribution in [-0.2, 0) is 12.0 Å². The van der Waals surface area contributed by atoms with Crippen molar-refractivity contribution in [1.29, 1.82) is 0 Å². The lowest BCUT2D eigenvalue weighted by Crippen LogP contribution is -2.36. The fourth-order valence-electron chi connectivity index (χ4n) is 1.98. The Kier molecular flexibility index (Phi) is 6.53. The molecule has 1 aromatic rings. The highest BCUT2D eigenvalue weighted by molar-refractivity contribution is 5.27. The summed E-state index contributed by atoms with van der Waals surface area (Å²) >= 11 is 0. The van der Waals surface area contributed by atoms with E-state index in [1.807, 2.05) is 0 Å². The van der Waals surface area contributed by atoms with E-state index in [0.717, 1.165) is 19.6 Å². The summed E-state index contributed by atoms with van der Waals surface area (Å²) < 4.78 is 0. The molecular formula is C17H30N2. The van der Waals surface area contributed by atoms with E-state index in [1.165, 1.54) is 17.5 Å². The largest absolute Gasteiger partial charge is 0.315 e. The molecule has 19 heavy (non-hydrogen) atoms. The molecule has 0 bridgehead atoms. The summed E-state index contributed by atoms with van der Waals surface area (Å²) in [7, 11) is 0. The highest BCUT2D eigenvalue weighted by Crippen LogP contribution is 2.22. The van der Waals surface area contributed by atoms with Crippen LogP contribution in [0.3, 0.4) is 0 Å². The Morgan fingerprint density at radius 3 is 2.26 bits per heavy atom. The quantitative estimate of drug-likeness (QED) is 0.735. The van der Waals surface area contributed by atoms with Gasteiger partial charge < -0.3 is 10.6 Å². The molecule has 0 aliphatic carbocycles. The highest BCUT2D eigenvalue weighted by Gasteiger charge is 2.12. The molecule has 0 saturated carbocycles. The van der Waals surface area contributed by atoms with Crippen LogP contribution in [-0.4, -0.2) is 19.1 Å². The average Bonchev–Trinajstić information content (AvgIpc) is 2.36. The van der Waals surface area contributed by atoms with E-state index in [4.69, 9.17) is 0 Å². The van der Waals surface area contributed by atoms with E-state index in [-0.39, 0.29) is 5.41 Å². The molecule has 1 atom stereocenters. The van der Waals surface area contributed by atoms with Gasteiger partial charge in [-0.3, -0.25) is 0 Å². The number of benzene rings is 1. The van der Waals surface area contributed by atoms with E-state index in [2.05, 4.69) is 69.5 Å². The smallest absolute Gasteiger partial charge is 0.0208 e. The molecule has 2 N–H and O–H groups in total. The van der Waals surface area contributed by atoms with E-state index < -0.39 is 0 Å². The molecule has 0 aliphatic heterocycles. The Bertz CT molecular complexity index is 349. The van der Waals surface area contributed by atoms with Crippen molar-refractivity contribution < 1.29 is 0 Å². The topological polar surface area (TPSA) is 24.1 Å². The Morgan fingerprint density at radius 2 is 1.74 bits per heavy atom. The van der Waals surface area contributed by atoms with Gasteiger partial charge in [0.15, 0.2) is 0 Å². The minimum Gasteiger partial charge on any atom is -0.315 e. The van der Waals surface area contributed by atoms with Crippen LogP contribution in [0.5, 0.6) is 0 Å². The van der Waals surface area contributed by atoms with Crippen molar-refractivity contribution in [3.8, 4) is 0 Å². The first-order valence-corrected chi connectivity index (χ1v) is 7.47. The van der Waals surface area contributed by atoms with Crippen LogP contribution in [0.15, 0.2) is 24.3 Å². The number of hydrogen-bond acceptors (Lipinski definition) is 2. The Hall–Kier alpha value is -0.860. The fourth-order valence-corrected chi connectivity index (χ4v) is 1.98. The minimum atomic E-state index is 0.239. The van der Waals surface area contributed by atoms with Gasteiger partial charge in [-0.15, -0.1) is 0 Å². The van der Waals surface area contributed by atoms with Gasteiger partial charge in [0.2, 0.25) is 0 Å². The summed E-state index contributed by atoms with van der Waals surface area (Å²) in [6, 6.07) is 9.47. The first-order valence-electron chi connectivity index (χ1n) is 7.47. The van der Waals surface area contributed by atoms with Crippen LogP contribution in [0.2, 0.25) is 0 Å². The van der Waals surface area contributed by atoms with Crippen molar-refractivity contribution in [2.24, 2.45) is 0 Å². The van der Waals surface area contributed by atoms with Crippen LogP contribution in [0.25, 0.3) is 0 Å². The summed E-state index contributed by atoms with van der Waals surface area (Å²) in [6.45, 7) is 14.3. The molecule has 1 unspecified atom stereocenters. The monoisotopic (exact) mass is 262 g/mol. The summed E-state index contributed by atoms with van der Waals surface area (Å²) in [4.78, 5) is 0. The second-order valence-corrected chi connectivity index (χ2v) is 6.43. The molecule has 0 aliphatic rings. The highest BCUT2D eigenvalue weighted by atomic mass is 15.0. The SMILES string of the molecule is CCCNCC(C)NCc1ccc(C(C)(C)C)cc1. The number of rotatable bonds is 7. The van der Waals surface area contributed by atoms with Crippen LogP contribution in [0.1, 0.15) is 52.2 Å². The van der Waals surface area contributed by atoms with Crippen molar-refractivity contribution in [1.82, 2.24) is 10.6 Å². The molecule has 2 nitrogen and oxygen atoms in total. The zero-order chi connectivity index (χ0) is 14.3. The molecule has 108 valence electrons. The maximum atomic E-state index is 3.55. The Balaban J connectivity index is 2.37. The van der Waals surface area contributed by atoms with Crippen molar-refractivity contribution in [2.45, 2.75) is 59.0 Å². The van der Waals surface area contributed by atoms with Gasteiger partial charge in [-0.05, 0) is 36.4 Å². The van der Waals surface area contributed by atoms with Crippen LogP contribution in [0, 0.1) is 0 Å². The Labute approximate surface area is 119 Å². The molecule has 2 heteroatoms. The summed E-state index contributed by atoms with van der Waals surface area (Å²) in [5.74, 6) is 0. The van der Waals surface area contributed by atoms with E-state index in [9.17, 15) is 0 Å². The molecule has 0 fully saturated rings. The molecule has 0 amide bonds. The standard InChI is InChI=1S/C17H30N2/c1-6-11-18-12-14(2)19-13-15-7-9-16(10-8-15)17(3,4)5/h7-10,14,18-19H,6,11-13H2,1-5H3. The zero-order valence-electron chi connectivity index (χ0n) is 13.2. The maximum absolute atomic E-state index is 3.55. The maximum Gasteiger partial charge on any atom is 0.0208 e. The van der Waals surface area contributed by atoms with Gasteiger partial charge in [-0.1, -0.05) is 52.0 Å². The normalized spacial score (nSPS) is 13.5.